The zero-order chi connectivity index (χ0) is 14.9. The predicted molar refractivity (Wildman–Crippen MR) is 85.4 cm³/mol. The molecule has 0 atom stereocenters. The molecule has 2 rings (SSSR count). The Balaban J connectivity index is 2.39. The smallest absolute Gasteiger partial charge is 0.244 e. The molecule has 1 saturated carbocycles. The van der Waals surface area contributed by atoms with Crippen molar-refractivity contribution in [3.8, 4) is 0 Å². The van der Waals surface area contributed by atoms with Crippen LogP contribution in [0.4, 0.5) is 5.69 Å². The van der Waals surface area contributed by atoms with E-state index in [1.54, 1.807) is 7.05 Å². The summed E-state index contributed by atoms with van der Waals surface area (Å²) in [6, 6.07) is 3.03. The number of halogens is 2. The Morgan fingerprint density at radius 3 is 2.50 bits per heavy atom. The molecule has 0 aliphatic heterocycles. The van der Waals surface area contributed by atoms with Gasteiger partial charge in [-0.05, 0) is 40.9 Å². The Morgan fingerprint density at radius 1 is 1.30 bits per heavy atom. The molecule has 0 heterocycles. The first-order chi connectivity index (χ1) is 9.34. The van der Waals surface area contributed by atoms with E-state index < -0.39 is 10.0 Å². The molecular weight excluding hydrogens is 364 g/mol. The molecule has 20 heavy (non-hydrogen) atoms. The summed E-state index contributed by atoms with van der Waals surface area (Å²) >= 11 is 9.19. The van der Waals surface area contributed by atoms with Crippen molar-refractivity contribution in [2.45, 2.75) is 43.0 Å². The Hall–Kier alpha value is -0.300. The summed E-state index contributed by atoms with van der Waals surface area (Å²) in [7, 11) is -1.96. The van der Waals surface area contributed by atoms with Crippen LogP contribution in [0.2, 0.25) is 5.02 Å². The van der Waals surface area contributed by atoms with Gasteiger partial charge in [0.25, 0.3) is 0 Å². The van der Waals surface area contributed by atoms with Gasteiger partial charge >= 0.3 is 0 Å². The van der Waals surface area contributed by atoms with Crippen LogP contribution in [0.25, 0.3) is 0 Å². The lowest BCUT2D eigenvalue weighted by Crippen LogP contribution is -2.38. The van der Waals surface area contributed by atoms with Crippen LogP contribution in [0.1, 0.15) is 32.1 Å². The number of sulfonamides is 1. The van der Waals surface area contributed by atoms with Crippen molar-refractivity contribution >= 4 is 43.2 Å². The normalized spacial score (nSPS) is 17.6. The van der Waals surface area contributed by atoms with Crippen molar-refractivity contribution in [1.82, 2.24) is 4.31 Å². The van der Waals surface area contributed by atoms with Crippen LogP contribution in [-0.4, -0.2) is 25.8 Å². The molecule has 7 heteroatoms. The fourth-order valence-corrected chi connectivity index (χ4v) is 5.24. The first kappa shape index (κ1) is 16.1. The van der Waals surface area contributed by atoms with Crippen LogP contribution in [-0.2, 0) is 10.0 Å². The maximum atomic E-state index is 12.7. The number of benzene rings is 1. The summed E-state index contributed by atoms with van der Waals surface area (Å²) in [5, 5.41) is 0.321. The lowest BCUT2D eigenvalue weighted by molar-refractivity contribution is 0.285. The van der Waals surface area contributed by atoms with Gasteiger partial charge in [0.05, 0.1) is 9.37 Å². The van der Waals surface area contributed by atoms with Crippen molar-refractivity contribution < 1.29 is 8.42 Å². The number of nitrogen functional groups attached to an aromatic ring is 1. The number of rotatable bonds is 3. The van der Waals surface area contributed by atoms with Crippen LogP contribution in [0.5, 0.6) is 0 Å². The monoisotopic (exact) mass is 380 g/mol. The van der Waals surface area contributed by atoms with Gasteiger partial charge in [-0.15, -0.1) is 0 Å². The second-order valence-electron chi connectivity index (χ2n) is 5.12. The van der Waals surface area contributed by atoms with Crippen molar-refractivity contribution in [2.24, 2.45) is 0 Å². The summed E-state index contributed by atoms with van der Waals surface area (Å²) in [6.45, 7) is 0. The standard InChI is InChI=1S/C13H18BrClN2O2S/c1-17(10-5-3-2-4-6-10)20(18,19)12-8-9(15)7-11(16)13(12)14/h7-8,10H,2-6,16H2,1H3. The lowest BCUT2D eigenvalue weighted by atomic mass is 9.96. The molecule has 0 unspecified atom stereocenters. The van der Waals surface area contributed by atoms with E-state index in [4.69, 9.17) is 17.3 Å². The van der Waals surface area contributed by atoms with E-state index >= 15 is 0 Å². The molecule has 4 nitrogen and oxygen atoms in total. The van der Waals surface area contributed by atoms with Gasteiger partial charge in [-0.2, -0.15) is 4.31 Å². The number of anilines is 1. The van der Waals surface area contributed by atoms with E-state index in [0.29, 0.717) is 15.2 Å². The maximum Gasteiger partial charge on any atom is 0.244 e. The van der Waals surface area contributed by atoms with Crippen molar-refractivity contribution in [1.29, 1.82) is 0 Å². The van der Waals surface area contributed by atoms with Gasteiger partial charge in [0.15, 0.2) is 0 Å². The third kappa shape index (κ3) is 3.13. The minimum Gasteiger partial charge on any atom is -0.398 e. The molecule has 0 aromatic heterocycles. The van der Waals surface area contributed by atoms with Gasteiger partial charge in [-0.25, -0.2) is 8.42 Å². The summed E-state index contributed by atoms with van der Waals surface area (Å²) in [4.78, 5) is 0.135. The van der Waals surface area contributed by atoms with E-state index in [1.807, 2.05) is 0 Å². The minimum atomic E-state index is -3.59. The molecule has 2 N–H and O–H groups in total. The highest BCUT2D eigenvalue weighted by Crippen LogP contribution is 2.35. The van der Waals surface area contributed by atoms with Gasteiger partial charge in [-0.3, -0.25) is 0 Å². The maximum absolute atomic E-state index is 12.7. The van der Waals surface area contributed by atoms with Crippen LogP contribution in [0.15, 0.2) is 21.5 Å². The van der Waals surface area contributed by atoms with Crippen LogP contribution >= 0.6 is 27.5 Å². The fraction of sp³-hybridized carbons (Fsp3) is 0.538. The van der Waals surface area contributed by atoms with Gasteiger partial charge in [-0.1, -0.05) is 30.9 Å². The molecule has 0 radical (unpaired) electrons. The number of hydrogen-bond donors (Lipinski definition) is 1. The van der Waals surface area contributed by atoms with Gasteiger partial charge in [0.1, 0.15) is 0 Å². The second-order valence-corrected chi connectivity index (χ2v) is 8.32. The quantitative estimate of drug-likeness (QED) is 0.813. The summed E-state index contributed by atoms with van der Waals surface area (Å²) < 4.78 is 27.3. The van der Waals surface area contributed by atoms with E-state index in [9.17, 15) is 8.42 Å². The van der Waals surface area contributed by atoms with Gasteiger partial charge in [0.2, 0.25) is 10.0 Å². The van der Waals surface area contributed by atoms with Gasteiger partial charge in [0, 0.05) is 23.8 Å². The first-order valence-corrected chi connectivity index (χ1v) is 9.17. The number of nitrogens with two attached hydrogens (primary N) is 1. The topological polar surface area (TPSA) is 63.4 Å². The van der Waals surface area contributed by atoms with E-state index in [2.05, 4.69) is 15.9 Å². The lowest BCUT2D eigenvalue weighted by Gasteiger charge is -2.30. The Morgan fingerprint density at radius 2 is 1.90 bits per heavy atom. The molecule has 1 aliphatic carbocycles. The molecule has 0 spiro atoms. The average molecular weight is 382 g/mol. The summed E-state index contributed by atoms with van der Waals surface area (Å²) in [6.07, 6.45) is 5.14. The number of hydrogen-bond acceptors (Lipinski definition) is 3. The molecule has 112 valence electrons. The van der Waals surface area contributed by atoms with Crippen molar-refractivity contribution in [3.05, 3.63) is 21.6 Å². The van der Waals surface area contributed by atoms with Crippen molar-refractivity contribution in [3.63, 3.8) is 0 Å². The molecule has 0 bridgehead atoms. The van der Waals surface area contributed by atoms with E-state index in [0.717, 1.165) is 25.7 Å². The SMILES string of the molecule is CN(C1CCCCC1)S(=O)(=O)c1cc(Cl)cc(N)c1Br. The Kier molecular flexibility index (Phi) is 5.00. The molecule has 0 amide bonds. The summed E-state index contributed by atoms with van der Waals surface area (Å²) in [5.74, 6) is 0. The second kappa shape index (κ2) is 6.22. The van der Waals surface area contributed by atoms with Crippen LogP contribution < -0.4 is 5.73 Å². The number of nitrogens with zero attached hydrogens (tertiary/aromatic N) is 1. The summed E-state index contributed by atoms with van der Waals surface area (Å²) in [5.41, 5.74) is 6.11. The molecule has 1 fully saturated rings. The third-order valence-electron chi connectivity index (χ3n) is 3.78. The Labute approximate surface area is 133 Å². The highest BCUT2D eigenvalue weighted by atomic mass is 79.9. The third-order valence-corrected chi connectivity index (χ3v) is 7.08. The molecule has 1 aromatic rings. The fourth-order valence-electron chi connectivity index (χ4n) is 2.57. The zero-order valence-electron chi connectivity index (χ0n) is 11.3. The molecule has 1 aromatic carbocycles. The molecular formula is C13H18BrClN2O2S. The molecule has 0 saturated heterocycles. The Bertz CT molecular complexity index is 601. The van der Waals surface area contributed by atoms with E-state index in [-0.39, 0.29) is 10.9 Å². The first-order valence-electron chi connectivity index (χ1n) is 6.56. The minimum absolute atomic E-state index is 0.0563. The molecule has 1 aliphatic rings. The van der Waals surface area contributed by atoms with Crippen LogP contribution in [0.3, 0.4) is 0 Å². The van der Waals surface area contributed by atoms with Gasteiger partial charge < -0.3 is 5.73 Å². The highest BCUT2D eigenvalue weighted by Gasteiger charge is 2.31. The zero-order valence-corrected chi connectivity index (χ0v) is 14.4. The largest absolute Gasteiger partial charge is 0.398 e. The predicted octanol–water partition coefficient (Wildman–Crippen LogP) is 3.64. The van der Waals surface area contributed by atoms with Crippen LogP contribution in [0, 0.1) is 0 Å². The average Bonchev–Trinajstić information content (AvgIpc) is 2.42. The van der Waals surface area contributed by atoms with E-state index in [1.165, 1.54) is 22.9 Å². The van der Waals surface area contributed by atoms with Crippen molar-refractivity contribution in [2.75, 3.05) is 12.8 Å². The highest BCUT2D eigenvalue weighted by molar-refractivity contribution is 9.10.